The van der Waals surface area contributed by atoms with Gasteiger partial charge in [-0.05, 0) is 38.2 Å². The molecule has 0 unspecified atom stereocenters. The lowest BCUT2D eigenvalue weighted by Gasteiger charge is -2.19. The molecule has 0 rings (SSSR count). The first kappa shape index (κ1) is 18.4. The number of nitrogens with zero attached hydrogens (tertiary/aromatic N) is 1. The summed E-state index contributed by atoms with van der Waals surface area (Å²) in [5.74, 6) is 2.29. The monoisotopic (exact) mass is 271 g/mol. The molecular formula is C15H34BNS. The van der Waals surface area contributed by atoms with Crippen molar-refractivity contribution in [3.05, 3.63) is 0 Å². The lowest BCUT2D eigenvalue weighted by atomic mass is 9.66. The Hall–Kier alpha value is 0.375. The van der Waals surface area contributed by atoms with Crippen LogP contribution in [0.3, 0.4) is 0 Å². The lowest BCUT2D eigenvalue weighted by Crippen LogP contribution is -2.25. The molecule has 0 radical (unpaired) electrons. The lowest BCUT2D eigenvalue weighted by molar-refractivity contribution is 0.304. The first-order valence-electron chi connectivity index (χ1n) is 8.12. The highest BCUT2D eigenvalue weighted by Crippen LogP contribution is 2.21. The first-order chi connectivity index (χ1) is 8.78. The van der Waals surface area contributed by atoms with Crippen molar-refractivity contribution in [2.24, 2.45) is 0 Å². The number of hydrogen-bond donors (Lipinski definition) is 0. The largest absolute Gasteiger partial charge is 0.304 e. The third-order valence-electron chi connectivity index (χ3n) is 3.63. The summed E-state index contributed by atoms with van der Waals surface area (Å²) in [6, 6.07) is 0. The molecule has 0 bridgehead atoms. The van der Waals surface area contributed by atoms with Crippen LogP contribution in [0.2, 0.25) is 12.6 Å². The molecule has 18 heavy (non-hydrogen) atoms. The van der Waals surface area contributed by atoms with Gasteiger partial charge >= 0.3 is 0 Å². The Morgan fingerprint density at radius 3 is 2.00 bits per heavy atom. The summed E-state index contributed by atoms with van der Waals surface area (Å²) >= 11 is 2.23. The topological polar surface area (TPSA) is 3.24 Å². The van der Waals surface area contributed by atoms with Gasteiger partial charge in [-0.25, -0.2) is 11.6 Å². The summed E-state index contributed by atoms with van der Waals surface area (Å²) in [6.07, 6.45) is 9.73. The number of unbranched alkanes of at least 4 members (excludes halogenated alkanes) is 2. The molecule has 0 amide bonds. The molecule has 0 aliphatic heterocycles. The van der Waals surface area contributed by atoms with Crippen molar-refractivity contribution in [1.29, 1.82) is 0 Å². The maximum absolute atomic E-state index is 2.55. The first-order valence-corrected chi connectivity index (χ1v) is 9.17. The minimum Gasteiger partial charge on any atom is -0.304 e. The van der Waals surface area contributed by atoms with Crippen LogP contribution >= 0.6 is 11.6 Å². The fourth-order valence-corrected chi connectivity index (χ4v) is 3.67. The molecule has 0 atom stereocenters. The fraction of sp³-hybridized carbons (Fsp3) is 1.00. The highest BCUT2D eigenvalue weighted by molar-refractivity contribution is 8.25. The van der Waals surface area contributed by atoms with Gasteiger partial charge in [0.05, 0.1) is 0 Å². The average Bonchev–Trinajstić information content (AvgIpc) is 2.40. The van der Waals surface area contributed by atoms with E-state index in [0.29, 0.717) is 0 Å². The zero-order valence-electron chi connectivity index (χ0n) is 13.2. The van der Waals surface area contributed by atoms with Crippen LogP contribution in [0.1, 0.15) is 59.8 Å². The van der Waals surface area contributed by atoms with Gasteiger partial charge in [-0.2, -0.15) is 0 Å². The summed E-state index contributed by atoms with van der Waals surface area (Å²) < 4.78 is 0. The van der Waals surface area contributed by atoms with E-state index in [4.69, 9.17) is 0 Å². The van der Waals surface area contributed by atoms with Crippen molar-refractivity contribution in [2.75, 3.05) is 25.4 Å². The molecule has 0 saturated heterocycles. The fourth-order valence-electron chi connectivity index (χ4n) is 2.22. The van der Waals surface area contributed by atoms with Gasteiger partial charge in [0.1, 0.15) is 0 Å². The highest BCUT2D eigenvalue weighted by atomic mass is 32.2. The van der Waals surface area contributed by atoms with E-state index < -0.39 is 0 Å². The number of hydrogen-bond acceptors (Lipinski definition) is 2. The Morgan fingerprint density at radius 1 is 0.833 bits per heavy atom. The quantitative estimate of drug-likeness (QED) is 0.341. The third-order valence-corrected chi connectivity index (χ3v) is 5.09. The molecule has 1 nitrogen and oxygen atoms in total. The van der Waals surface area contributed by atoms with Crippen molar-refractivity contribution in [2.45, 2.75) is 72.4 Å². The number of rotatable bonds is 13. The van der Waals surface area contributed by atoms with Crippen LogP contribution in [0, 0.1) is 0 Å². The van der Waals surface area contributed by atoms with Crippen molar-refractivity contribution < 1.29 is 0 Å². The van der Waals surface area contributed by atoms with Crippen LogP contribution < -0.4 is 0 Å². The molecule has 0 fully saturated rings. The Labute approximate surface area is 120 Å². The molecule has 0 spiro atoms. The maximum Gasteiger partial charge on any atom is 0.209 e. The van der Waals surface area contributed by atoms with Crippen LogP contribution in [-0.2, 0) is 0 Å². The van der Waals surface area contributed by atoms with Gasteiger partial charge in [0, 0.05) is 0 Å². The molecule has 0 heterocycles. The van der Waals surface area contributed by atoms with Crippen molar-refractivity contribution in [1.82, 2.24) is 4.90 Å². The van der Waals surface area contributed by atoms with Crippen LogP contribution in [0.25, 0.3) is 0 Å². The van der Waals surface area contributed by atoms with Gasteiger partial charge in [-0.3, -0.25) is 0 Å². The van der Waals surface area contributed by atoms with Crippen LogP contribution in [0.15, 0.2) is 0 Å². The molecule has 0 aromatic rings. The maximum atomic E-state index is 2.55. The van der Waals surface area contributed by atoms with E-state index >= 15 is 0 Å². The van der Waals surface area contributed by atoms with Gasteiger partial charge in [0.2, 0.25) is 5.99 Å². The Morgan fingerprint density at radius 2 is 1.44 bits per heavy atom. The predicted octanol–water partition coefficient (Wildman–Crippen LogP) is 5.04. The van der Waals surface area contributed by atoms with E-state index in [0.717, 1.165) is 5.99 Å². The van der Waals surface area contributed by atoms with Crippen LogP contribution in [0.5, 0.6) is 0 Å². The molecule has 0 aliphatic rings. The minimum absolute atomic E-state index is 0.923. The average molecular weight is 271 g/mol. The molecule has 0 N–H and O–H groups in total. The Balaban J connectivity index is 3.76. The standard InChI is InChI=1S/C15H34BNS/c1-5-9-12-16(18-15-10-6-2)13-11-14-17(7-3)8-4/h5-15H2,1-4H3. The Kier molecular flexibility index (Phi) is 14.1. The van der Waals surface area contributed by atoms with E-state index in [9.17, 15) is 0 Å². The van der Waals surface area contributed by atoms with E-state index in [1.807, 2.05) is 0 Å². The van der Waals surface area contributed by atoms with E-state index in [1.165, 1.54) is 70.1 Å². The Bertz CT molecular complexity index is 163. The normalized spacial score (nSPS) is 11.2. The second-order valence-corrected chi connectivity index (χ2v) is 6.57. The third kappa shape index (κ3) is 10.3. The van der Waals surface area contributed by atoms with Gasteiger partial charge in [-0.1, -0.05) is 59.6 Å². The van der Waals surface area contributed by atoms with Gasteiger partial charge < -0.3 is 4.90 Å². The highest BCUT2D eigenvalue weighted by Gasteiger charge is 2.13. The zero-order chi connectivity index (χ0) is 13.6. The van der Waals surface area contributed by atoms with Gasteiger partial charge in [-0.15, -0.1) is 0 Å². The molecule has 0 saturated carbocycles. The molecule has 0 aromatic heterocycles. The summed E-state index contributed by atoms with van der Waals surface area (Å²) in [6.45, 7) is 12.9. The van der Waals surface area contributed by atoms with Crippen molar-refractivity contribution >= 4 is 17.6 Å². The molecule has 0 aromatic carbocycles. The van der Waals surface area contributed by atoms with E-state index in [-0.39, 0.29) is 0 Å². The van der Waals surface area contributed by atoms with Crippen molar-refractivity contribution in [3.63, 3.8) is 0 Å². The van der Waals surface area contributed by atoms with Crippen LogP contribution in [-0.4, -0.2) is 36.3 Å². The molecule has 0 aliphatic carbocycles. The van der Waals surface area contributed by atoms with Crippen LogP contribution in [0.4, 0.5) is 0 Å². The van der Waals surface area contributed by atoms with E-state index in [1.54, 1.807) is 0 Å². The molecule has 3 heteroatoms. The van der Waals surface area contributed by atoms with Gasteiger partial charge in [0.15, 0.2) is 0 Å². The molecular weight excluding hydrogens is 237 g/mol. The second-order valence-electron chi connectivity index (χ2n) is 5.16. The smallest absolute Gasteiger partial charge is 0.209 e. The van der Waals surface area contributed by atoms with Crippen molar-refractivity contribution in [3.8, 4) is 0 Å². The van der Waals surface area contributed by atoms with Gasteiger partial charge in [0.25, 0.3) is 0 Å². The molecule has 108 valence electrons. The van der Waals surface area contributed by atoms with E-state index in [2.05, 4.69) is 44.2 Å². The predicted molar refractivity (Wildman–Crippen MR) is 90.0 cm³/mol. The summed E-state index contributed by atoms with van der Waals surface area (Å²) in [5, 5.41) is 0. The SMILES string of the molecule is CCCCSB(CCCC)CCCN(CC)CC. The summed E-state index contributed by atoms with van der Waals surface area (Å²) in [5.41, 5.74) is 0. The summed E-state index contributed by atoms with van der Waals surface area (Å²) in [4.78, 5) is 2.55. The minimum atomic E-state index is 0.923. The zero-order valence-corrected chi connectivity index (χ0v) is 14.0. The second kappa shape index (κ2) is 13.8. The summed E-state index contributed by atoms with van der Waals surface area (Å²) in [7, 11) is 0.